The Balaban J connectivity index is 1.84. The van der Waals surface area contributed by atoms with Gasteiger partial charge in [-0.2, -0.15) is 0 Å². The van der Waals surface area contributed by atoms with Crippen molar-refractivity contribution in [2.24, 2.45) is 5.41 Å². The van der Waals surface area contributed by atoms with Crippen molar-refractivity contribution in [3.8, 4) is 0 Å². The van der Waals surface area contributed by atoms with E-state index in [0.717, 1.165) is 0 Å². The molecular weight excluding hydrogens is 436 g/mol. The number of fused-ring (bicyclic) bond motifs is 2. The highest BCUT2D eigenvalue weighted by Crippen LogP contribution is 2.57. The Morgan fingerprint density at radius 1 is 0.720 bits per heavy atom. The molecule has 25 heavy (non-hydrogen) atoms. The number of allylic oxidation sites excluding steroid dienone is 4. The quantitative estimate of drug-likeness (QED) is 0.429. The number of halogens is 2. The fourth-order valence-corrected chi connectivity index (χ4v) is 6.09. The third-order valence-electron chi connectivity index (χ3n) is 5.99. The van der Waals surface area contributed by atoms with Crippen LogP contribution in [0.15, 0.2) is 57.5 Å². The number of benzene rings is 2. The third-order valence-corrected chi connectivity index (χ3v) is 7.31. The first kappa shape index (κ1) is 17.3. The summed E-state index contributed by atoms with van der Waals surface area (Å²) in [6.45, 7) is 9.31. The molecule has 2 aliphatic rings. The molecule has 2 aliphatic carbocycles. The lowest BCUT2D eigenvalue weighted by Crippen LogP contribution is -2.26. The fraction of sp³-hybridized carbons (Fsp3) is 0.304. The molecule has 0 spiro atoms. The molecule has 0 saturated heterocycles. The lowest BCUT2D eigenvalue weighted by molar-refractivity contribution is 0.291. The molecule has 0 saturated carbocycles. The summed E-state index contributed by atoms with van der Waals surface area (Å²) in [6.07, 6.45) is 4.93. The van der Waals surface area contributed by atoms with E-state index in [2.05, 4.69) is 108 Å². The molecule has 2 atom stereocenters. The van der Waals surface area contributed by atoms with E-state index >= 15 is 0 Å². The second-order valence-electron chi connectivity index (χ2n) is 7.88. The van der Waals surface area contributed by atoms with Crippen molar-refractivity contribution in [3.05, 3.63) is 79.7 Å². The van der Waals surface area contributed by atoms with Gasteiger partial charge in [-0.3, -0.25) is 0 Å². The zero-order chi connectivity index (χ0) is 17.9. The van der Waals surface area contributed by atoms with Crippen molar-refractivity contribution in [1.29, 1.82) is 0 Å². The van der Waals surface area contributed by atoms with E-state index in [9.17, 15) is 0 Å². The van der Waals surface area contributed by atoms with Gasteiger partial charge in [0.2, 0.25) is 0 Å². The van der Waals surface area contributed by atoms with Gasteiger partial charge >= 0.3 is 0 Å². The molecular formula is C23H22Br2. The van der Waals surface area contributed by atoms with Gasteiger partial charge in [0.05, 0.1) is 0 Å². The highest BCUT2D eigenvalue weighted by Gasteiger charge is 2.43. The maximum atomic E-state index is 3.75. The summed E-state index contributed by atoms with van der Waals surface area (Å²) in [4.78, 5) is 0. The van der Waals surface area contributed by atoms with E-state index in [-0.39, 0.29) is 5.41 Å². The van der Waals surface area contributed by atoms with Gasteiger partial charge in [-0.25, -0.2) is 0 Å². The second kappa shape index (κ2) is 5.96. The monoisotopic (exact) mass is 456 g/mol. The van der Waals surface area contributed by atoms with Crippen LogP contribution in [0.4, 0.5) is 0 Å². The van der Waals surface area contributed by atoms with Gasteiger partial charge in [-0.15, -0.1) is 0 Å². The summed E-state index contributed by atoms with van der Waals surface area (Å²) in [5.74, 6) is 0.831. The zero-order valence-electron chi connectivity index (χ0n) is 15.0. The molecule has 0 N–H and O–H groups in total. The van der Waals surface area contributed by atoms with Gasteiger partial charge in [0, 0.05) is 20.8 Å². The van der Waals surface area contributed by atoms with Crippen LogP contribution in [-0.4, -0.2) is 0 Å². The summed E-state index contributed by atoms with van der Waals surface area (Å²) >= 11 is 7.50. The SMILES string of the molecule is CC1=CC(C(C)(C)C2C=C(C)c3c(Br)cccc32)c2cccc(Br)c21. The van der Waals surface area contributed by atoms with Crippen molar-refractivity contribution >= 4 is 43.0 Å². The molecule has 0 radical (unpaired) electrons. The Hall–Kier alpha value is -1.12. The minimum Gasteiger partial charge on any atom is -0.0728 e. The average Bonchev–Trinajstić information content (AvgIpc) is 3.08. The molecule has 0 aromatic heterocycles. The largest absolute Gasteiger partial charge is 0.0728 e. The normalized spacial score (nSPS) is 21.7. The second-order valence-corrected chi connectivity index (χ2v) is 9.59. The first-order valence-electron chi connectivity index (χ1n) is 8.76. The maximum absolute atomic E-state index is 3.75. The highest BCUT2D eigenvalue weighted by atomic mass is 79.9. The number of hydrogen-bond acceptors (Lipinski definition) is 0. The Morgan fingerprint density at radius 3 is 1.52 bits per heavy atom. The molecule has 4 rings (SSSR count). The van der Waals surface area contributed by atoms with Gasteiger partial charge in [0.1, 0.15) is 0 Å². The van der Waals surface area contributed by atoms with E-state index in [1.165, 1.54) is 42.3 Å². The summed E-state index contributed by atoms with van der Waals surface area (Å²) in [5, 5.41) is 0. The lowest BCUT2D eigenvalue weighted by Gasteiger charge is -2.37. The summed E-state index contributed by atoms with van der Waals surface area (Å²) in [7, 11) is 0. The number of hydrogen-bond donors (Lipinski definition) is 0. The minimum absolute atomic E-state index is 0.0978. The van der Waals surface area contributed by atoms with Crippen LogP contribution in [0.2, 0.25) is 0 Å². The first-order chi connectivity index (χ1) is 11.8. The molecule has 2 unspecified atom stereocenters. The van der Waals surface area contributed by atoms with Crippen LogP contribution in [0, 0.1) is 5.41 Å². The van der Waals surface area contributed by atoms with Crippen molar-refractivity contribution in [3.63, 3.8) is 0 Å². The van der Waals surface area contributed by atoms with E-state index in [1.807, 2.05) is 0 Å². The first-order valence-corrected chi connectivity index (χ1v) is 10.4. The van der Waals surface area contributed by atoms with Gasteiger partial charge < -0.3 is 0 Å². The Morgan fingerprint density at radius 2 is 1.12 bits per heavy atom. The molecule has 2 aromatic rings. The zero-order valence-corrected chi connectivity index (χ0v) is 18.2. The highest BCUT2D eigenvalue weighted by molar-refractivity contribution is 9.10. The fourth-order valence-electron chi connectivity index (χ4n) is 4.70. The standard InChI is InChI=1S/C23H22Br2/c1-13-11-17(15-7-5-9-19(24)21(13)15)23(3,4)18-12-14(2)22-16(18)8-6-10-20(22)25/h5-12,17-18H,1-4H3. The predicted molar refractivity (Wildman–Crippen MR) is 115 cm³/mol. The van der Waals surface area contributed by atoms with Crippen LogP contribution in [0.25, 0.3) is 11.1 Å². The van der Waals surface area contributed by atoms with E-state index in [0.29, 0.717) is 11.8 Å². The Labute approximate surface area is 167 Å². The van der Waals surface area contributed by atoms with Gasteiger partial charge in [-0.1, -0.05) is 82.1 Å². The molecule has 128 valence electrons. The van der Waals surface area contributed by atoms with E-state index in [4.69, 9.17) is 0 Å². The third kappa shape index (κ3) is 2.52. The van der Waals surface area contributed by atoms with Gasteiger partial charge in [0.15, 0.2) is 0 Å². The average molecular weight is 458 g/mol. The number of rotatable bonds is 2. The van der Waals surface area contributed by atoms with Gasteiger partial charge in [0.25, 0.3) is 0 Å². The van der Waals surface area contributed by atoms with Crippen LogP contribution in [0.5, 0.6) is 0 Å². The molecule has 0 bridgehead atoms. The Bertz CT molecular complexity index is 856. The molecule has 0 aliphatic heterocycles. The van der Waals surface area contributed by atoms with Crippen LogP contribution >= 0.6 is 31.9 Å². The molecule has 0 nitrogen and oxygen atoms in total. The maximum Gasteiger partial charge on any atom is 0.0253 e. The Kier molecular flexibility index (Phi) is 4.12. The summed E-state index contributed by atoms with van der Waals surface area (Å²) in [6, 6.07) is 13.2. The minimum atomic E-state index is 0.0978. The van der Waals surface area contributed by atoms with E-state index in [1.54, 1.807) is 0 Å². The van der Waals surface area contributed by atoms with Crippen molar-refractivity contribution in [2.45, 2.75) is 39.5 Å². The molecule has 0 amide bonds. The van der Waals surface area contributed by atoms with Gasteiger partial charge in [-0.05, 0) is 64.8 Å². The molecule has 2 heteroatoms. The predicted octanol–water partition coefficient (Wildman–Crippen LogP) is 7.94. The molecule has 0 fully saturated rings. The topological polar surface area (TPSA) is 0 Å². The van der Waals surface area contributed by atoms with Crippen LogP contribution in [0.3, 0.4) is 0 Å². The summed E-state index contributed by atoms with van der Waals surface area (Å²) < 4.78 is 2.41. The van der Waals surface area contributed by atoms with Crippen molar-refractivity contribution in [2.75, 3.05) is 0 Å². The molecule has 0 heterocycles. The van der Waals surface area contributed by atoms with Crippen LogP contribution in [-0.2, 0) is 0 Å². The van der Waals surface area contributed by atoms with Crippen LogP contribution < -0.4 is 0 Å². The smallest absolute Gasteiger partial charge is 0.0253 e. The van der Waals surface area contributed by atoms with Crippen molar-refractivity contribution in [1.82, 2.24) is 0 Å². The van der Waals surface area contributed by atoms with Crippen molar-refractivity contribution < 1.29 is 0 Å². The van der Waals surface area contributed by atoms with E-state index < -0.39 is 0 Å². The van der Waals surface area contributed by atoms with Crippen LogP contribution in [0.1, 0.15) is 61.8 Å². The molecule has 2 aromatic carbocycles. The lowest BCUT2D eigenvalue weighted by atomic mass is 9.66. The summed E-state index contributed by atoms with van der Waals surface area (Å²) in [5.41, 5.74) is 8.53.